The van der Waals surface area contributed by atoms with E-state index in [1.807, 2.05) is 0 Å². The van der Waals surface area contributed by atoms with Gasteiger partial charge in [0.2, 0.25) is 5.91 Å². The van der Waals surface area contributed by atoms with Crippen molar-refractivity contribution in [2.75, 3.05) is 19.8 Å². The van der Waals surface area contributed by atoms with Crippen LogP contribution in [-0.2, 0) is 9.53 Å². The Hall–Kier alpha value is -0.610. The fourth-order valence-electron chi connectivity index (χ4n) is 3.34. The fourth-order valence-corrected chi connectivity index (χ4v) is 3.34. The number of nitrogens with one attached hydrogen (secondary N) is 1. The van der Waals surface area contributed by atoms with E-state index in [0.717, 1.165) is 19.4 Å². The van der Waals surface area contributed by atoms with E-state index in [0.29, 0.717) is 18.4 Å². The zero-order valence-corrected chi connectivity index (χ0v) is 11.5. The third kappa shape index (κ3) is 3.29. The molecule has 1 aliphatic heterocycles. The molecule has 0 bridgehead atoms. The van der Waals surface area contributed by atoms with Gasteiger partial charge in [0.05, 0.1) is 12.5 Å². The van der Waals surface area contributed by atoms with Crippen LogP contribution in [0.1, 0.15) is 38.5 Å². The van der Waals surface area contributed by atoms with Crippen LogP contribution < -0.4 is 5.32 Å². The molecule has 0 unspecified atom stereocenters. The van der Waals surface area contributed by atoms with Crippen LogP contribution in [0.4, 0.5) is 0 Å². The monoisotopic (exact) mass is 267 g/mol. The number of amides is 1. The zero-order valence-electron chi connectivity index (χ0n) is 11.5. The summed E-state index contributed by atoms with van der Waals surface area (Å²) in [4.78, 5) is 12.3. The number of aliphatic hydroxyl groups is 1. The van der Waals surface area contributed by atoms with Gasteiger partial charge in [-0.2, -0.15) is 0 Å². The highest BCUT2D eigenvalue weighted by Gasteiger charge is 2.44. The van der Waals surface area contributed by atoms with Gasteiger partial charge in [-0.3, -0.25) is 4.79 Å². The van der Waals surface area contributed by atoms with Crippen LogP contribution in [0.2, 0.25) is 0 Å². The Kier molecular flexibility index (Phi) is 4.08. The summed E-state index contributed by atoms with van der Waals surface area (Å²) >= 11 is 0. The zero-order chi connectivity index (χ0) is 13.2. The predicted molar refractivity (Wildman–Crippen MR) is 71.5 cm³/mol. The average Bonchev–Trinajstić information content (AvgIpc) is 3.29. The first-order chi connectivity index (χ1) is 9.29. The van der Waals surface area contributed by atoms with E-state index in [2.05, 4.69) is 5.32 Å². The molecule has 2 aliphatic carbocycles. The molecular formula is C15H25NO3. The summed E-state index contributed by atoms with van der Waals surface area (Å²) in [6.07, 6.45) is 6.77. The fraction of sp³-hybridized carbons (Fsp3) is 0.933. The predicted octanol–water partition coefficient (Wildman–Crippen LogP) is 1.33. The number of carbonyl (C=O) groups excluding carboxylic acids is 1. The minimum absolute atomic E-state index is 0.0218. The van der Waals surface area contributed by atoms with Crippen LogP contribution in [0.15, 0.2) is 0 Å². The van der Waals surface area contributed by atoms with Gasteiger partial charge in [0.1, 0.15) is 0 Å². The Morgan fingerprint density at radius 3 is 2.47 bits per heavy atom. The van der Waals surface area contributed by atoms with E-state index in [-0.39, 0.29) is 30.4 Å². The van der Waals surface area contributed by atoms with Crippen molar-refractivity contribution in [1.82, 2.24) is 5.32 Å². The summed E-state index contributed by atoms with van der Waals surface area (Å²) in [6, 6.07) is 0.201. The van der Waals surface area contributed by atoms with Crippen LogP contribution >= 0.6 is 0 Å². The molecule has 1 amide bonds. The molecule has 3 atom stereocenters. The lowest BCUT2D eigenvalue weighted by Gasteiger charge is -2.29. The summed E-state index contributed by atoms with van der Waals surface area (Å²) in [5.74, 6) is 1.69. The third-order valence-corrected chi connectivity index (χ3v) is 4.87. The summed E-state index contributed by atoms with van der Waals surface area (Å²) in [7, 11) is 0. The molecule has 4 nitrogen and oxygen atoms in total. The van der Waals surface area contributed by atoms with Crippen molar-refractivity contribution in [3.8, 4) is 0 Å². The minimum atomic E-state index is 0.0218. The molecule has 1 saturated heterocycles. The second-order valence-electron chi connectivity index (χ2n) is 6.47. The molecule has 3 fully saturated rings. The molecule has 2 saturated carbocycles. The van der Waals surface area contributed by atoms with Crippen LogP contribution in [0.3, 0.4) is 0 Å². The largest absolute Gasteiger partial charge is 0.396 e. The van der Waals surface area contributed by atoms with Gasteiger partial charge < -0.3 is 15.2 Å². The van der Waals surface area contributed by atoms with Gasteiger partial charge in [0.15, 0.2) is 0 Å². The highest BCUT2D eigenvalue weighted by atomic mass is 16.5. The van der Waals surface area contributed by atoms with E-state index in [1.54, 1.807) is 0 Å². The van der Waals surface area contributed by atoms with Gasteiger partial charge in [-0.05, 0) is 50.4 Å². The summed E-state index contributed by atoms with van der Waals surface area (Å²) in [5.41, 5.74) is 0. The smallest absolute Gasteiger partial charge is 0.225 e. The van der Waals surface area contributed by atoms with Crippen molar-refractivity contribution in [2.24, 2.45) is 23.7 Å². The quantitative estimate of drug-likeness (QED) is 0.763. The standard InChI is InChI=1S/C15H25NO3/c17-8-13(10-3-4-10)14(11-5-6-11)16-15(18)12-2-1-7-19-9-12/h10-14,17H,1-9H2,(H,16,18)/t12-,13+,14+/m0/s1. The van der Waals surface area contributed by atoms with Crippen LogP contribution in [-0.4, -0.2) is 36.9 Å². The van der Waals surface area contributed by atoms with Crippen LogP contribution in [0.5, 0.6) is 0 Å². The average molecular weight is 267 g/mol. The SMILES string of the molecule is O=C(N[C@H](C1CC1)[C@H](CO)C1CC1)[C@H]1CCCOC1. The van der Waals surface area contributed by atoms with Gasteiger partial charge in [0.25, 0.3) is 0 Å². The van der Waals surface area contributed by atoms with Gasteiger partial charge in [-0.25, -0.2) is 0 Å². The van der Waals surface area contributed by atoms with Crippen molar-refractivity contribution in [3.63, 3.8) is 0 Å². The first-order valence-electron chi connectivity index (χ1n) is 7.78. The van der Waals surface area contributed by atoms with Crippen molar-refractivity contribution in [1.29, 1.82) is 0 Å². The molecule has 0 spiro atoms. The normalized spacial score (nSPS) is 30.7. The highest BCUT2D eigenvalue weighted by Crippen LogP contribution is 2.45. The molecule has 2 N–H and O–H groups in total. The number of hydrogen-bond acceptors (Lipinski definition) is 3. The Balaban J connectivity index is 1.58. The maximum atomic E-state index is 12.3. The molecule has 19 heavy (non-hydrogen) atoms. The summed E-state index contributed by atoms with van der Waals surface area (Å²) in [6.45, 7) is 1.57. The van der Waals surface area contributed by atoms with Crippen molar-refractivity contribution in [3.05, 3.63) is 0 Å². The van der Waals surface area contributed by atoms with Gasteiger partial charge in [-0.1, -0.05) is 0 Å². The third-order valence-electron chi connectivity index (χ3n) is 4.87. The Labute approximate surface area is 114 Å². The van der Waals surface area contributed by atoms with Crippen LogP contribution in [0, 0.1) is 23.7 Å². The molecule has 0 radical (unpaired) electrons. The number of ether oxygens (including phenoxy) is 1. The van der Waals surface area contributed by atoms with E-state index in [9.17, 15) is 9.90 Å². The Morgan fingerprint density at radius 1 is 1.21 bits per heavy atom. The molecule has 0 aromatic rings. The molecule has 0 aromatic carbocycles. The summed E-state index contributed by atoms with van der Waals surface area (Å²) in [5, 5.41) is 12.9. The topological polar surface area (TPSA) is 58.6 Å². The van der Waals surface area contributed by atoms with E-state index < -0.39 is 0 Å². The van der Waals surface area contributed by atoms with Gasteiger partial charge in [-0.15, -0.1) is 0 Å². The molecular weight excluding hydrogens is 242 g/mol. The molecule has 4 heteroatoms. The molecule has 0 aromatic heterocycles. The molecule has 3 rings (SSSR count). The van der Waals surface area contributed by atoms with Crippen molar-refractivity contribution >= 4 is 5.91 Å². The Bertz CT molecular complexity index is 319. The van der Waals surface area contributed by atoms with Gasteiger partial charge in [0, 0.05) is 25.2 Å². The minimum Gasteiger partial charge on any atom is -0.396 e. The number of carbonyl (C=O) groups is 1. The lowest BCUT2D eigenvalue weighted by molar-refractivity contribution is -0.130. The lowest BCUT2D eigenvalue weighted by Crippen LogP contribution is -2.47. The van der Waals surface area contributed by atoms with E-state index in [4.69, 9.17) is 4.74 Å². The van der Waals surface area contributed by atoms with E-state index >= 15 is 0 Å². The molecule has 1 heterocycles. The first kappa shape index (κ1) is 13.4. The highest BCUT2D eigenvalue weighted by molar-refractivity contribution is 5.79. The Morgan fingerprint density at radius 2 is 1.95 bits per heavy atom. The van der Waals surface area contributed by atoms with Crippen molar-refractivity contribution in [2.45, 2.75) is 44.6 Å². The van der Waals surface area contributed by atoms with Crippen molar-refractivity contribution < 1.29 is 14.6 Å². The number of hydrogen-bond donors (Lipinski definition) is 2. The maximum absolute atomic E-state index is 12.3. The van der Waals surface area contributed by atoms with Crippen LogP contribution in [0.25, 0.3) is 0 Å². The second-order valence-corrected chi connectivity index (χ2v) is 6.47. The summed E-state index contributed by atoms with van der Waals surface area (Å²) < 4.78 is 5.40. The molecule has 3 aliphatic rings. The van der Waals surface area contributed by atoms with Gasteiger partial charge >= 0.3 is 0 Å². The maximum Gasteiger partial charge on any atom is 0.225 e. The lowest BCUT2D eigenvalue weighted by atomic mass is 9.90. The number of aliphatic hydroxyl groups excluding tert-OH is 1. The number of rotatable bonds is 6. The first-order valence-corrected chi connectivity index (χ1v) is 7.78. The molecule has 108 valence electrons. The van der Waals surface area contributed by atoms with E-state index in [1.165, 1.54) is 25.7 Å². The second kappa shape index (κ2) is 5.80.